The molecule has 2 aromatic heterocycles. The number of hydrogen-bond donors (Lipinski definition) is 2. The fraction of sp³-hybridized carbons (Fsp3) is 0.280. The summed E-state index contributed by atoms with van der Waals surface area (Å²) in [5, 5.41) is 4.83. The zero-order chi connectivity index (χ0) is 21.8. The molecular formula is C25H26FN3O2. The molecule has 0 radical (unpaired) electrons. The van der Waals surface area contributed by atoms with E-state index in [-0.39, 0.29) is 17.8 Å². The highest BCUT2D eigenvalue weighted by molar-refractivity contribution is 5.91. The van der Waals surface area contributed by atoms with Crippen LogP contribution in [0.2, 0.25) is 0 Å². The highest BCUT2D eigenvalue weighted by atomic mass is 19.1. The van der Waals surface area contributed by atoms with Crippen LogP contribution in [0.4, 0.5) is 4.39 Å². The van der Waals surface area contributed by atoms with Crippen molar-refractivity contribution in [1.82, 2.24) is 15.3 Å². The second-order valence-corrected chi connectivity index (χ2v) is 7.84. The molecule has 0 aliphatic carbocycles. The third-order valence-electron chi connectivity index (χ3n) is 5.38. The number of methoxy groups -OCH3 is 1. The normalized spacial score (nSPS) is 12.4. The van der Waals surface area contributed by atoms with Crippen molar-refractivity contribution in [2.24, 2.45) is 0 Å². The molecule has 0 saturated carbocycles. The van der Waals surface area contributed by atoms with Crippen molar-refractivity contribution < 1.29 is 13.9 Å². The Balaban J connectivity index is 1.61. The van der Waals surface area contributed by atoms with Gasteiger partial charge < -0.3 is 15.0 Å². The summed E-state index contributed by atoms with van der Waals surface area (Å²) in [4.78, 5) is 20.5. The molecule has 160 valence electrons. The van der Waals surface area contributed by atoms with Crippen LogP contribution in [0.25, 0.3) is 33.2 Å². The van der Waals surface area contributed by atoms with Crippen molar-refractivity contribution in [3.8, 4) is 11.4 Å². The molecule has 2 N–H and O–H groups in total. The van der Waals surface area contributed by atoms with Gasteiger partial charge in [0.1, 0.15) is 5.82 Å². The Morgan fingerprint density at radius 1 is 1.19 bits per heavy atom. The van der Waals surface area contributed by atoms with Crippen LogP contribution in [0.15, 0.2) is 54.6 Å². The van der Waals surface area contributed by atoms with Gasteiger partial charge in [-0.3, -0.25) is 4.79 Å². The molecule has 2 heterocycles. The Bertz CT molecular complexity index is 1220. The number of aryl methyl sites for hydroxylation is 1. The lowest BCUT2D eigenvalue weighted by molar-refractivity contribution is -0.122. The van der Waals surface area contributed by atoms with Crippen LogP contribution < -0.4 is 5.32 Å². The highest BCUT2D eigenvalue weighted by Crippen LogP contribution is 2.32. The maximum atomic E-state index is 14.0. The Morgan fingerprint density at radius 2 is 2.03 bits per heavy atom. The van der Waals surface area contributed by atoms with E-state index in [4.69, 9.17) is 9.72 Å². The predicted molar refractivity (Wildman–Crippen MR) is 121 cm³/mol. The number of nitrogens with zero attached hydrogens (tertiary/aromatic N) is 1. The molecule has 0 spiro atoms. The van der Waals surface area contributed by atoms with Gasteiger partial charge in [-0.05, 0) is 55.7 Å². The number of nitrogens with one attached hydrogen (secondary N) is 2. The van der Waals surface area contributed by atoms with E-state index in [1.807, 2.05) is 43.3 Å². The van der Waals surface area contributed by atoms with Gasteiger partial charge in [-0.25, -0.2) is 9.37 Å². The van der Waals surface area contributed by atoms with Crippen LogP contribution in [0.3, 0.4) is 0 Å². The largest absolute Gasteiger partial charge is 0.383 e. The van der Waals surface area contributed by atoms with Crippen LogP contribution in [-0.4, -0.2) is 35.6 Å². The Hall–Kier alpha value is -3.25. The van der Waals surface area contributed by atoms with E-state index in [1.165, 1.54) is 6.07 Å². The summed E-state index contributed by atoms with van der Waals surface area (Å²) in [5.41, 5.74) is 4.43. The van der Waals surface area contributed by atoms with Crippen LogP contribution in [0.5, 0.6) is 0 Å². The molecule has 1 atom stereocenters. The Labute approximate surface area is 180 Å². The first-order valence-corrected chi connectivity index (χ1v) is 10.5. The topological polar surface area (TPSA) is 67.0 Å². The van der Waals surface area contributed by atoms with Crippen molar-refractivity contribution in [1.29, 1.82) is 0 Å². The van der Waals surface area contributed by atoms with E-state index in [1.54, 1.807) is 19.2 Å². The minimum Gasteiger partial charge on any atom is -0.383 e. The van der Waals surface area contributed by atoms with Gasteiger partial charge >= 0.3 is 0 Å². The zero-order valence-electron chi connectivity index (χ0n) is 17.7. The van der Waals surface area contributed by atoms with Gasteiger partial charge in [-0.1, -0.05) is 24.3 Å². The van der Waals surface area contributed by atoms with Gasteiger partial charge in [-0.2, -0.15) is 0 Å². The number of para-hydroxylation sites is 1. The monoisotopic (exact) mass is 419 g/mol. The van der Waals surface area contributed by atoms with Crippen molar-refractivity contribution in [2.45, 2.75) is 32.2 Å². The van der Waals surface area contributed by atoms with Gasteiger partial charge in [0.2, 0.25) is 5.91 Å². The van der Waals surface area contributed by atoms with E-state index in [2.05, 4.69) is 10.3 Å². The predicted octanol–water partition coefficient (Wildman–Crippen LogP) is 5.00. The number of aromatic amines is 1. The van der Waals surface area contributed by atoms with Crippen LogP contribution in [-0.2, 0) is 16.0 Å². The molecule has 2 aromatic carbocycles. The van der Waals surface area contributed by atoms with Gasteiger partial charge in [0.15, 0.2) is 0 Å². The summed E-state index contributed by atoms with van der Waals surface area (Å²) < 4.78 is 19.1. The maximum absolute atomic E-state index is 14.0. The third kappa shape index (κ3) is 4.75. The van der Waals surface area contributed by atoms with Crippen molar-refractivity contribution in [2.75, 3.05) is 13.7 Å². The van der Waals surface area contributed by atoms with Crippen molar-refractivity contribution >= 4 is 27.7 Å². The molecule has 0 bridgehead atoms. The number of pyridine rings is 1. The fourth-order valence-corrected chi connectivity index (χ4v) is 3.97. The lowest BCUT2D eigenvalue weighted by atomic mass is 10.0. The summed E-state index contributed by atoms with van der Waals surface area (Å²) in [6.07, 6.45) is 1.68. The van der Waals surface area contributed by atoms with Gasteiger partial charge in [0, 0.05) is 35.9 Å². The van der Waals surface area contributed by atoms with E-state index < -0.39 is 0 Å². The first kappa shape index (κ1) is 21.0. The number of ether oxygens (including phenoxy) is 1. The van der Waals surface area contributed by atoms with E-state index in [0.29, 0.717) is 25.9 Å². The molecular weight excluding hydrogens is 393 g/mol. The lowest BCUT2D eigenvalue weighted by Gasteiger charge is -2.12. The number of carbonyl (C=O) groups excluding carboxylic acids is 1. The molecule has 0 aliphatic rings. The van der Waals surface area contributed by atoms with E-state index >= 15 is 0 Å². The number of rotatable bonds is 8. The molecule has 0 aliphatic heterocycles. The molecule has 1 amide bonds. The van der Waals surface area contributed by atoms with Crippen molar-refractivity contribution in [3.63, 3.8) is 0 Å². The lowest BCUT2D eigenvalue weighted by Crippen LogP contribution is -2.35. The number of fused-ring (bicyclic) bond motifs is 2. The molecule has 0 fully saturated rings. The number of amides is 1. The summed E-state index contributed by atoms with van der Waals surface area (Å²) in [5.74, 6) is -0.294. The first-order chi connectivity index (χ1) is 15.0. The van der Waals surface area contributed by atoms with Crippen LogP contribution in [0, 0.1) is 5.82 Å². The standard InChI is InChI=1S/C25H26FN3O2/c1-16(15-31-2)27-24(30)9-5-7-19-20-14-18(26)11-13-22(20)29-25(19)23-12-10-17-6-3-4-8-21(17)28-23/h3-4,6,8,10-14,16,29H,5,7,9,15H2,1-2H3,(H,27,30). The second-order valence-electron chi connectivity index (χ2n) is 7.84. The van der Waals surface area contributed by atoms with Crippen molar-refractivity contribution in [3.05, 3.63) is 66.0 Å². The number of halogens is 1. The molecule has 1 unspecified atom stereocenters. The number of carbonyl (C=O) groups is 1. The number of hydrogen-bond acceptors (Lipinski definition) is 3. The van der Waals surface area contributed by atoms with E-state index in [0.717, 1.165) is 38.8 Å². The average Bonchev–Trinajstić information content (AvgIpc) is 3.11. The highest BCUT2D eigenvalue weighted by Gasteiger charge is 2.16. The second kappa shape index (κ2) is 9.27. The Morgan fingerprint density at radius 3 is 2.87 bits per heavy atom. The smallest absolute Gasteiger partial charge is 0.220 e. The average molecular weight is 420 g/mol. The van der Waals surface area contributed by atoms with E-state index in [9.17, 15) is 9.18 Å². The van der Waals surface area contributed by atoms with Crippen LogP contribution >= 0.6 is 0 Å². The third-order valence-corrected chi connectivity index (χ3v) is 5.38. The molecule has 31 heavy (non-hydrogen) atoms. The first-order valence-electron chi connectivity index (χ1n) is 10.5. The summed E-state index contributed by atoms with van der Waals surface area (Å²) in [6, 6.07) is 16.7. The SMILES string of the molecule is COCC(C)NC(=O)CCCc1c(-c2ccc3ccccc3n2)[nH]c2ccc(F)cc12. The van der Waals surface area contributed by atoms with Gasteiger partial charge in [0.25, 0.3) is 0 Å². The summed E-state index contributed by atoms with van der Waals surface area (Å²) in [7, 11) is 1.61. The minimum absolute atomic E-state index is 0.0130. The Kier molecular flexibility index (Phi) is 6.28. The fourth-order valence-electron chi connectivity index (χ4n) is 3.97. The number of H-pyrrole nitrogens is 1. The molecule has 4 rings (SSSR count). The molecule has 0 saturated heterocycles. The number of benzene rings is 2. The van der Waals surface area contributed by atoms with Crippen LogP contribution in [0.1, 0.15) is 25.3 Å². The minimum atomic E-state index is -0.281. The van der Waals surface area contributed by atoms with Gasteiger partial charge in [-0.15, -0.1) is 0 Å². The zero-order valence-corrected chi connectivity index (χ0v) is 17.7. The molecule has 5 nitrogen and oxygen atoms in total. The number of aromatic nitrogens is 2. The van der Waals surface area contributed by atoms with Gasteiger partial charge in [0.05, 0.1) is 23.5 Å². The summed E-state index contributed by atoms with van der Waals surface area (Å²) in [6.45, 7) is 2.39. The quantitative estimate of drug-likeness (QED) is 0.423. The summed E-state index contributed by atoms with van der Waals surface area (Å²) >= 11 is 0. The molecule has 6 heteroatoms. The molecule has 4 aromatic rings. The maximum Gasteiger partial charge on any atom is 0.220 e.